The van der Waals surface area contributed by atoms with Gasteiger partial charge in [0.1, 0.15) is 5.75 Å². The maximum Gasteiger partial charge on any atom is 0.260 e. The van der Waals surface area contributed by atoms with Gasteiger partial charge in [-0.15, -0.1) is 24.2 Å². The van der Waals surface area contributed by atoms with E-state index in [1.807, 2.05) is 62.8 Å². The van der Waals surface area contributed by atoms with Crippen LogP contribution >= 0.6 is 35.5 Å². The number of fused-ring (bicyclic) bond motifs is 1. The Morgan fingerprint density at radius 1 is 1.17 bits per heavy atom. The zero-order valence-electron chi connectivity index (χ0n) is 17.0. The summed E-state index contributed by atoms with van der Waals surface area (Å²) in [5, 5.41) is 0.724. The lowest BCUT2D eigenvalue weighted by atomic mass is 10.2. The van der Waals surface area contributed by atoms with E-state index >= 15 is 0 Å². The molecule has 0 saturated heterocycles. The van der Waals surface area contributed by atoms with E-state index in [0.717, 1.165) is 39.0 Å². The van der Waals surface area contributed by atoms with Gasteiger partial charge in [-0.05, 0) is 69.7 Å². The minimum atomic E-state index is -0.0133. The lowest BCUT2D eigenvalue weighted by Crippen LogP contribution is -2.33. The fourth-order valence-corrected chi connectivity index (χ4v) is 4.35. The second-order valence-electron chi connectivity index (χ2n) is 6.68. The van der Waals surface area contributed by atoms with Crippen molar-refractivity contribution in [3.8, 4) is 5.75 Å². The third-order valence-electron chi connectivity index (χ3n) is 4.36. The zero-order valence-corrected chi connectivity index (χ0v) is 19.5. The molecular weight excluding hydrogens is 426 g/mol. The summed E-state index contributed by atoms with van der Waals surface area (Å²) in [4.78, 5) is 23.1. The summed E-state index contributed by atoms with van der Waals surface area (Å²) in [6.07, 6.45) is 2.89. The molecular formula is C21H26ClN3O2S2. The monoisotopic (exact) mass is 451 g/mol. The molecule has 1 amide bonds. The molecule has 0 radical (unpaired) electrons. The number of thioether (sulfide) groups is 1. The lowest BCUT2D eigenvalue weighted by Gasteiger charge is -2.21. The van der Waals surface area contributed by atoms with E-state index in [4.69, 9.17) is 9.72 Å². The number of hydrogen-bond acceptors (Lipinski definition) is 6. The fourth-order valence-electron chi connectivity index (χ4n) is 2.88. The van der Waals surface area contributed by atoms with Crippen LogP contribution in [-0.4, -0.2) is 56.3 Å². The van der Waals surface area contributed by atoms with Gasteiger partial charge in [0.05, 0.1) is 17.3 Å². The maximum atomic E-state index is 13.3. The van der Waals surface area contributed by atoms with Crippen molar-refractivity contribution in [2.75, 3.05) is 45.5 Å². The van der Waals surface area contributed by atoms with Crippen molar-refractivity contribution in [2.45, 2.75) is 11.3 Å². The van der Waals surface area contributed by atoms with Gasteiger partial charge >= 0.3 is 0 Å². The van der Waals surface area contributed by atoms with Crippen LogP contribution in [0.2, 0.25) is 0 Å². The highest BCUT2D eigenvalue weighted by Crippen LogP contribution is 2.32. The van der Waals surface area contributed by atoms with E-state index in [-0.39, 0.29) is 18.3 Å². The Morgan fingerprint density at radius 3 is 2.66 bits per heavy atom. The van der Waals surface area contributed by atoms with Gasteiger partial charge in [-0.1, -0.05) is 17.4 Å². The zero-order chi connectivity index (χ0) is 20.1. The van der Waals surface area contributed by atoms with Crippen molar-refractivity contribution in [1.82, 2.24) is 9.88 Å². The van der Waals surface area contributed by atoms with Crippen LogP contribution in [0.3, 0.4) is 0 Å². The Bertz CT molecular complexity index is 962. The average molecular weight is 452 g/mol. The Labute approximate surface area is 186 Å². The Balaban J connectivity index is 0.00000300. The molecule has 0 aliphatic heterocycles. The topological polar surface area (TPSA) is 45.7 Å². The van der Waals surface area contributed by atoms with Crippen LogP contribution in [0.4, 0.5) is 5.13 Å². The molecule has 1 aromatic heterocycles. The molecule has 0 bridgehead atoms. The van der Waals surface area contributed by atoms with E-state index in [1.54, 1.807) is 23.8 Å². The van der Waals surface area contributed by atoms with Gasteiger partial charge in [-0.3, -0.25) is 9.69 Å². The largest absolute Gasteiger partial charge is 0.497 e. The molecule has 5 nitrogen and oxygen atoms in total. The molecule has 3 aromatic rings. The van der Waals surface area contributed by atoms with Crippen molar-refractivity contribution in [3.63, 3.8) is 0 Å². The quantitative estimate of drug-likeness (QED) is 0.448. The molecule has 3 rings (SSSR count). The van der Waals surface area contributed by atoms with Gasteiger partial charge in [-0.25, -0.2) is 4.98 Å². The standard InChI is InChI=1S/C21H25N3O2S2.ClH/c1-23(2)11-6-12-24(20(25)15-7-5-8-17(13-15)27-4)21-22-18-10-9-16(26-3)14-19(18)28-21;/h5,7-10,13-14H,6,11-12H2,1-4H3;1H. The molecule has 0 aliphatic carbocycles. The van der Waals surface area contributed by atoms with Crippen molar-refractivity contribution in [2.24, 2.45) is 0 Å². The summed E-state index contributed by atoms with van der Waals surface area (Å²) in [5.41, 5.74) is 1.57. The van der Waals surface area contributed by atoms with Crippen LogP contribution in [-0.2, 0) is 0 Å². The number of nitrogens with zero attached hydrogens (tertiary/aromatic N) is 3. The first kappa shape index (κ1) is 23.5. The number of carbonyl (C=O) groups excluding carboxylic acids is 1. The van der Waals surface area contributed by atoms with Gasteiger partial charge in [-0.2, -0.15) is 0 Å². The van der Waals surface area contributed by atoms with E-state index in [0.29, 0.717) is 12.1 Å². The van der Waals surface area contributed by atoms with Gasteiger partial charge in [0.15, 0.2) is 5.13 Å². The summed E-state index contributed by atoms with van der Waals surface area (Å²) >= 11 is 3.16. The summed E-state index contributed by atoms with van der Waals surface area (Å²) in [5.74, 6) is 0.779. The SMILES string of the molecule is COc1ccc2nc(N(CCCN(C)C)C(=O)c3cccc(SC)c3)sc2c1.Cl. The van der Waals surface area contributed by atoms with E-state index in [1.165, 1.54) is 11.3 Å². The summed E-state index contributed by atoms with van der Waals surface area (Å²) in [6, 6.07) is 13.6. The second kappa shape index (κ2) is 10.8. The third kappa shape index (κ3) is 5.85. The van der Waals surface area contributed by atoms with Crippen molar-refractivity contribution in [1.29, 1.82) is 0 Å². The maximum absolute atomic E-state index is 13.3. The van der Waals surface area contributed by atoms with Crippen LogP contribution in [0.1, 0.15) is 16.8 Å². The first-order valence-corrected chi connectivity index (χ1v) is 11.1. The number of benzene rings is 2. The first-order chi connectivity index (χ1) is 13.5. The highest BCUT2D eigenvalue weighted by molar-refractivity contribution is 7.98. The molecule has 8 heteroatoms. The van der Waals surface area contributed by atoms with Crippen LogP contribution in [0.15, 0.2) is 47.4 Å². The molecule has 2 aromatic carbocycles. The van der Waals surface area contributed by atoms with Crippen molar-refractivity contribution in [3.05, 3.63) is 48.0 Å². The number of anilines is 1. The Kier molecular flexibility index (Phi) is 8.77. The molecule has 1 heterocycles. The van der Waals surface area contributed by atoms with E-state index in [9.17, 15) is 4.79 Å². The molecule has 0 saturated carbocycles. The Morgan fingerprint density at radius 2 is 1.97 bits per heavy atom. The number of carbonyl (C=O) groups is 1. The van der Waals surface area contributed by atoms with Crippen molar-refractivity contribution >= 4 is 56.8 Å². The smallest absolute Gasteiger partial charge is 0.260 e. The number of aromatic nitrogens is 1. The molecule has 0 fully saturated rings. The van der Waals surface area contributed by atoms with Crippen LogP contribution < -0.4 is 9.64 Å². The third-order valence-corrected chi connectivity index (χ3v) is 6.13. The van der Waals surface area contributed by atoms with Gasteiger partial charge in [0.25, 0.3) is 5.91 Å². The molecule has 156 valence electrons. The summed E-state index contributed by atoms with van der Waals surface area (Å²) in [7, 11) is 5.73. The lowest BCUT2D eigenvalue weighted by molar-refractivity contribution is 0.0986. The number of methoxy groups -OCH3 is 1. The van der Waals surface area contributed by atoms with Crippen LogP contribution in [0, 0.1) is 0 Å². The number of ether oxygens (including phenoxy) is 1. The second-order valence-corrected chi connectivity index (χ2v) is 8.56. The number of thiazole rings is 1. The van der Waals surface area contributed by atoms with E-state index in [2.05, 4.69) is 4.90 Å². The normalized spacial score (nSPS) is 10.8. The number of hydrogen-bond donors (Lipinski definition) is 0. The number of rotatable bonds is 8. The van der Waals surface area contributed by atoms with E-state index < -0.39 is 0 Å². The summed E-state index contributed by atoms with van der Waals surface area (Å²) in [6.45, 7) is 1.53. The van der Waals surface area contributed by atoms with Gasteiger partial charge < -0.3 is 9.64 Å². The average Bonchev–Trinajstić information content (AvgIpc) is 3.13. The molecule has 29 heavy (non-hydrogen) atoms. The summed E-state index contributed by atoms with van der Waals surface area (Å²) < 4.78 is 6.33. The Hall–Kier alpha value is -1.80. The minimum Gasteiger partial charge on any atom is -0.497 e. The predicted molar refractivity (Wildman–Crippen MR) is 126 cm³/mol. The van der Waals surface area contributed by atoms with Gasteiger partial charge in [0.2, 0.25) is 0 Å². The van der Waals surface area contributed by atoms with Crippen LogP contribution in [0.25, 0.3) is 10.2 Å². The molecule has 0 aliphatic rings. The molecule has 0 spiro atoms. The highest BCUT2D eigenvalue weighted by Gasteiger charge is 2.21. The molecule has 0 unspecified atom stereocenters. The predicted octanol–water partition coefficient (Wildman–Crippen LogP) is 5.05. The fraction of sp³-hybridized carbons (Fsp3) is 0.333. The number of halogens is 1. The highest BCUT2D eigenvalue weighted by atomic mass is 35.5. The van der Waals surface area contributed by atoms with Crippen molar-refractivity contribution < 1.29 is 9.53 Å². The van der Waals surface area contributed by atoms with Gasteiger partial charge in [0, 0.05) is 17.0 Å². The molecule has 0 N–H and O–H groups in total. The van der Waals surface area contributed by atoms with Crippen LogP contribution in [0.5, 0.6) is 5.75 Å². The first-order valence-electron chi connectivity index (χ1n) is 9.07. The number of amides is 1. The molecule has 0 atom stereocenters. The minimum absolute atomic E-state index is 0.